The second kappa shape index (κ2) is 7.67. The van der Waals surface area contributed by atoms with Crippen LogP contribution in [0.3, 0.4) is 0 Å². The lowest BCUT2D eigenvalue weighted by molar-refractivity contribution is -0.118. The molecule has 4 heteroatoms. The lowest BCUT2D eigenvalue weighted by Gasteiger charge is -2.27. The Morgan fingerprint density at radius 3 is 2.50 bits per heavy atom. The zero-order valence-corrected chi connectivity index (χ0v) is 14.5. The first kappa shape index (κ1) is 16.8. The van der Waals surface area contributed by atoms with Crippen LogP contribution in [0, 0.1) is 13.8 Å². The van der Waals surface area contributed by atoms with E-state index in [0.29, 0.717) is 19.1 Å². The van der Waals surface area contributed by atoms with Gasteiger partial charge in [-0.2, -0.15) is 0 Å². The van der Waals surface area contributed by atoms with Gasteiger partial charge >= 0.3 is 0 Å². The number of anilines is 1. The van der Waals surface area contributed by atoms with Gasteiger partial charge in [-0.05, 0) is 49.9 Å². The number of carbonyl (C=O) groups is 1. The molecule has 0 atom stereocenters. The smallest absolute Gasteiger partial charge is 0.238 e. The second-order valence-corrected chi connectivity index (χ2v) is 6.74. The fourth-order valence-electron chi connectivity index (χ4n) is 3.56. The zero-order valence-electron chi connectivity index (χ0n) is 14.5. The molecular weight excluding hydrogens is 300 g/mol. The van der Waals surface area contributed by atoms with Gasteiger partial charge in [0.2, 0.25) is 5.91 Å². The Labute approximate surface area is 143 Å². The molecule has 1 fully saturated rings. The summed E-state index contributed by atoms with van der Waals surface area (Å²) in [5.74, 6) is 0.965. The Bertz CT molecular complexity index is 653. The van der Waals surface area contributed by atoms with E-state index >= 15 is 0 Å². The quantitative estimate of drug-likeness (QED) is 0.862. The third-order valence-electron chi connectivity index (χ3n) is 4.87. The number of nitrogens with zero attached hydrogens (tertiary/aromatic N) is 1. The molecule has 1 aliphatic carbocycles. The number of furan rings is 1. The van der Waals surface area contributed by atoms with Gasteiger partial charge in [-0.25, -0.2) is 0 Å². The molecule has 1 N–H and O–H groups in total. The SMILES string of the molecule is Cc1cccc(C)c1NC(=O)CN(Cc1ccco1)C1CCCC1. The van der Waals surface area contributed by atoms with E-state index in [1.165, 1.54) is 12.8 Å². The minimum absolute atomic E-state index is 0.0471. The molecule has 1 amide bonds. The van der Waals surface area contributed by atoms with E-state index in [2.05, 4.69) is 10.2 Å². The lowest BCUT2D eigenvalue weighted by Crippen LogP contribution is -2.39. The van der Waals surface area contributed by atoms with Gasteiger partial charge in [-0.3, -0.25) is 9.69 Å². The third kappa shape index (κ3) is 4.06. The van der Waals surface area contributed by atoms with Crippen LogP contribution in [0.25, 0.3) is 0 Å². The van der Waals surface area contributed by atoms with Crippen molar-refractivity contribution in [3.8, 4) is 0 Å². The van der Waals surface area contributed by atoms with E-state index in [9.17, 15) is 4.79 Å². The van der Waals surface area contributed by atoms with E-state index < -0.39 is 0 Å². The molecule has 1 saturated carbocycles. The number of para-hydroxylation sites is 1. The summed E-state index contributed by atoms with van der Waals surface area (Å²) >= 11 is 0. The number of benzene rings is 1. The van der Waals surface area contributed by atoms with Gasteiger partial charge in [-0.1, -0.05) is 31.0 Å². The van der Waals surface area contributed by atoms with E-state index in [1.807, 2.05) is 44.2 Å². The van der Waals surface area contributed by atoms with Crippen LogP contribution in [0.1, 0.15) is 42.6 Å². The molecule has 1 aliphatic rings. The van der Waals surface area contributed by atoms with Gasteiger partial charge in [0, 0.05) is 11.7 Å². The number of amides is 1. The molecule has 0 saturated heterocycles. The Morgan fingerprint density at radius 2 is 1.88 bits per heavy atom. The first-order valence-corrected chi connectivity index (χ1v) is 8.76. The monoisotopic (exact) mass is 326 g/mol. The van der Waals surface area contributed by atoms with Crippen LogP contribution in [-0.2, 0) is 11.3 Å². The number of carbonyl (C=O) groups excluding carboxylic acids is 1. The molecule has 0 unspecified atom stereocenters. The van der Waals surface area contributed by atoms with Crippen molar-refractivity contribution in [3.05, 3.63) is 53.5 Å². The molecule has 1 aromatic heterocycles. The number of nitrogens with one attached hydrogen (secondary N) is 1. The van der Waals surface area contributed by atoms with Crippen molar-refractivity contribution in [1.29, 1.82) is 0 Å². The Hall–Kier alpha value is -2.07. The van der Waals surface area contributed by atoms with Gasteiger partial charge in [0.1, 0.15) is 5.76 Å². The summed E-state index contributed by atoms with van der Waals surface area (Å²) < 4.78 is 5.49. The van der Waals surface area contributed by atoms with Crippen LogP contribution < -0.4 is 5.32 Å². The third-order valence-corrected chi connectivity index (χ3v) is 4.87. The van der Waals surface area contributed by atoms with E-state index in [4.69, 9.17) is 4.42 Å². The van der Waals surface area contributed by atoms with Crippen molar-refractivity contribution in [2.45, 2.75) is 52.1 Å². The van der Waals surface area contributed by atoms with Crippen LogP contribution >= 0.6 is 0 Å². The molecule has 24 heavy (non-hydrogen) atoms. The summed E-state index contributed by atoms with van der Waals surface area (Å²) in [4.78, 5) is 14.9. The maximum Gasteiger partial charge on any atom is 0.238 e. The number of aryl methyl sites for hydroxylation is 2. The zero-order chi connectivity index (χ0) is 16.9. The summed E-state index contributed by atoms with van der Waals surface area (Å²) in [5.41, 5.74) is 3.13. The van der Waals surface area contributed by atoms with Gasteiger partial charge in [-0.15, -0.1) is 0 Å². The minimum atomic E-state index is 0.0471. The van der Waals surface area contributed by atoms with Gasteiger partial charge in [0.05, 0.1) is 19.4 Å². The highest BCUT2D eigenvalue weighted by Gasteiger charge is 2.25. The summed E-state index contributed by atoms with van der Waals surface area (Å²) in [6.07, 6.45) is 6.52. The van der Waals surface area contributed by atoms with Crippen LogP contribution in [0.5, 0.6) is 0 Å². The first-order chi connectivity index (χ1) is 11.6. The lowest BCUT2D eigenvalue weighted by atomic mass is 10.1. The Morgan fingerprint density at radius 1 is 1.17 bits per heavy atom. The van der Waals surface area contributed by atoms with Crippen molar-refractivity contribution >= 4 is 11.6 Å². The average Bonchev–Trinajstić information content (AvgIpc) is 3.23. The van der Waals surface area contributed by atoms with E-state index in [1.54, 1.807) is 6.26 Å². The molecule has 1 heterocycles. The largest absolute Gasteiger partial charge is 0.468 e. The molecule has 0 radical (unpaired) electrons. The summed E-state index contributed by atoms with van der Waals surface area (Å²) in [7, 11) is 0. The van der Waals surface area contributed by atoms with Crippen molar-refractivity contribution in [1.82, 2.24) is 4.90 Å². The molecule has 0 aliphatic heterocycles. The molecule has 4 nitrogen and oxygen atoms in total. The Balaban J connectivity index is 1.68. The summed E-state index contributed by atoms with van der Waals surface area (Å²) in [5, 5.41) is 3.10. The van der Waals surface area contributed by atoms with E-state index in [0.717, 1.165) is 35.4 Å². The van der Waals surface area contributed by atoms with Crippen molar-refractivity contribution in [2.24, 2.45) is 0 Å². The van der Waals surface area contributed by atoms with E-state index in [-0.39, 0.29) is 5.91 Å². The molecule has 128 valence electrons. The molecule has 3 rings (SSSR count). The highest BCUT2D eigenvalue weighted by atomic mass is 16.3. The maximum atomic E-state index is 12.6. The van der Waals surface area contributed by atoms with Crippen LogP contribution in [-0.4, -0.2) is 23.4 Å². The van der Waals surface area contributed by atoms with Crippen LogP contribution in [0.2, 0.25) is 0 Å². The number of hydrogen-bond donors (Lipinski definition) is 1. The molecule has 0 spiro atoms. The van der Waals surface area contributed by atoms with Gasteiger partial charge in [0.15, 0.2) is 0 Å². The highest BCUT2D eigenvalue weighted by molar-refractivity contribution is 5.93. The van der Waals surface area contributed by atoms with Gasteiger partial charge in [0.25, 0.3) is 0 Å². The standard InChI is InChI=1S/C20H26N2O2/c1-15-7-5-8-16(2)20(15)21-19(23)14-22(17-9-3-4-10-17)13-18-11-6-12-24-18/h5-8,11-12,17H,3-4,9-10,13-14H2,1-2H3,(H,21,23). The topological polar surface area (TPSA) is 45.5 Å². The highest BCUT2D eigenvalue weighted by Crippen LogP contribution is 2.25. The molecular formula is C20H26N2O2. The fraction of sp³-hybridized carbons (Fsp3) is 0.450. The average molecular weight is 326 g/mol. The Kier molecular flexibility index (Phi) is 5.36. The number of rotatable bonds is 6. The predicted octanol–water partition coefficient (Wildman–Crippen LogP) is 4.28. The van der Waals surface area contributed by atoms with Gasteiger partial charge < -0.3 is 9.73 Å². The maximum absolute atomic E-state index is 12.6. The number of hydrogen-bond acceptors (Lipinski definition) is 3. The molecule has 2 aromatic rings. The molecule has 0 bridgehead atoms. The normalized spacial score (nSPS) is 15.1. The van der Waals surface area contributed by atoms with Crippen LogP contribution in [0.15, 0.2) is 41.0 Å². The predicted molar refractivity (Wildman–Crippen MR) is 95.9 cm³/mol. The fourth-order valence-corrected chi connectivity index (χ4v) is 3.56. The summed E-state index contributed by atoms with van der Waals surface area (Å²) in [6, 6.07) is 10.4. The van der Waals surface area contributed by atoms with Crippen LogP contribution in [0.4, 0.5) is 5.69 Å². The second-order valence-electron chi connectivity index (χ2n) is 6.74. The molecule has 1 aromatic carbocycles. The minimum Gasteiger partial charge on any atom is -0.468 e. The summed E-state index contributed by atoms with van der Waals surface area (Å²) in [6.45, 7) is 5.15. The van der Waals surface area contributed by atoms with Crippen molar-refractivity contribution < 1.29 is 9.21 Å². The van der Waals surface area contributed by atoms with Crippen molar-refractivity contribution in [2.75, 3.05) is 11.9 Å². The van der Waals surface area contributed by atoms with Crippen molar-refractivity contribution in [3.63, 3.8) is 0 Å². The first-order valence-electron chi connectivity index (χ1n) is 8.76.